The minimum Gasteiger partial charge on any atom is -0.490 e. The Bertz CT molecular complexity index is 1030. The zero-order valence-corrected chi connectivity index (χ0v) is 18.4. The van der Waals surface area contributed by atoms with Gasteiger partial charge in [-0.2, -0.15) is 0 Å². The highest BCUT2D eigenvalue weighted by Crippen LogP contribution is 2.16. The lowest BCUT2D eigenvalue weighted by molar-refractivity contribution is 0.0942. The summed E-state index contributed by atoms with van der Waals surface area (Å²) in [6.07, 6.45) is 0.935. The Hall–Kier alpha value is -4.01. The first-order valence-corrected chi connectivity index (χ1v) is 10.8. The van der Waals surface area contributed by atoms with Gasteiger partial charge in [-0.1, -0.05) is 30.3 Å². The van der Waals surface area contributed by atoms with E-state index in [-0.39, 0.29) is 36.1 Å². The van der Waals surface area contributed by atoms with Gasteiger partial charge >= 0.3 is 0 Å². The average Bonchev–Trinajstić information content (AvgIpc) is 2.85. The number of nitrogens with one attached hydrogen (secondary N) is 2. The molecule has 0 saturated carbocycles. The summed E-state index contributed by atoms with van der Waals surface area (Å²) in [5, 5.41) is 5.38. The fourth-order valence-corrected chi connectivity index (χ4v) is 2.90. The van der Waals surface area contributed by atoms with Crippen LogP contribution in [0, 0.1) is 11.6 Å². The lowest BCUT2D eigenvalue weighted by Gasteiger charge is -2.09. The Morgan fingerprint density at radius 3 is 1.56 bits per heavy atom. The first-order chi connectivity index (χ1) is 16.5. The second kappa shape index (κ2) is 12.9. The van der Waals surface area contributed by atoms with Crippen LogP contribution in [0.5, 0.6) is 11.5 Å². The molecule has 0 aliphatic rings. The number of ether oxygens (including phenoxy) is 2. The number of carbonyl (C=O) groups is 2. The van der Waals surface area contributed by atoms with Gasteiger partial charge in [0.1, 0.15) is 11.4 Å². The topological polar surface area (TPSA) is 89.5 Å². The maximum Gasteiger partial charge on any atom is 0.269 e. The summed E-state index contributed by atoms with van der Waals surface area (Å²) < 4.78 is 37.7. The zero-order chi connectivity index (χ0) is 24.2. The Morgan fingerprint density at radius 2 is 1.12 bits per heavy atom. The number of nitrogens with zero attached hydrogens (tertiary/aromatic N) is 1. The standard InChI is InChI=1S/C25H25F2N3O4/c26-18-8-1-3-12-22(18)33-16-6-14-28-24(31)20-10-5-11-21(30-20)25(32)29-15-7-17-34-23-13-4-2-9-19(23)27/h1-5,8-13H,6-7,14-17H2,(H,28,31)(H,29,32). The van der Waals surface area contributed by atoms with Crippen molar-refractivity contribution in [3.63, 3.8) is 0 Å². The number of hydrogen-bond acceptors (Lipinski definition) is 5. The average molecular weight is 469 g/mol. The van der Waals surface area contributed by atoms with Crippen LogP contribution in [0.4, 0.5) is 8.78 Å². The first-order valence-electron chi connectivity index (χ1n) is 10.8. The number of carbonyl (C=O) groups excluding carboxylic acids is 2. The molecular formula is C25H25F2N3O4. The quantitative estimate of drug-likeness (QED) is 0.395. The summed E-state index contributed by atoms with van der Waals surface area (Å²) in [7, 11) is 0. The molecule has 0 radical (unpaired) electrons. The third-order valence-corrected chi connectivity index (χ3v) is 4.62. The largest absolute Gasteiger partial charge is 0.490 e. The van der Waals surface area contributed by atoms with E-state index < -0.39 is 23.4 Å². The Kier molecular flexibility index (Phi) is 9.33. The smallest absolute Gasteiger partial charge is 0.269 e. The van der Waals surface area contributed by atoms with Crippen LogP contribution in [-0.2, 0) is 0 Å². The molecule has 0 spiro atoms. The first kappa shape index (κ1) is 24.6. The lowest BCUT2D eigenvalue weighted by atomic mass is 10.2. The predicted octanol–water partition coefficient (Wildman–Crippen LogP) is 3.76. The molecule has 2 aromatic carbocycles. The van der Waals surface area contributed by atoms with Crippen LogP contribution in [-0.4, -0.2) is 43.1 Å². The van der Waals surface area contributed by atoms with E-state index in [4.69, 9.17) is 9.47 Å². The van der Waals surface area contributed by atoms with Gasteiger partial charge in [-0.15, -0.1) is 0 Å². The Labute approximate surface area is 196 Å². The van der Waals surface area contributed by atoms with Gasteiger partial charge in [-0.25, -0.2) is 13.8 Å². The van der Waals surface area contributed by atoms with Crippen molar-refractivity contribution in [2.24, 2.45) is 0 Å². The highest BCUT2D eigenvalue weighted by Gasteiger charge is 2.12. The van der Waals surface area contributed by atoms with Gasteiger partial charge < -0.3 is 20.1 Å². The molecule has 178 valence electrons. The van der Waals surface area contributed by atoms with E-state index in [1.807, 2.05) is 0 Å². The van der Waals surface area contributed by atoms with Crippen molar-refractivity contribution in [1.29, 1.82) is 0 Å². The predicted molar refractivity (Wildman–Crippen MR) is 122 cm³/mol. The second-order valence-corrected chi connectivity index (χ2v) is 7.18. The van der Waals surface area contributed by atoms with Gasteiger partial charge in [0.25, 0.3) is 11.8 Å². The van der Waals surface area contributed by atoms with Crippen LogP contribution >= 0.6 is 0 Å². The van der Waals surface area contributed by atoms with Gasteiger partial charge in [-0.3, -0.25) is 9.59 Å². The maximum absolute atomic E-state index is 13.5. The molecule has 0 aliphatic heterocycles. The summed E-state index contributed by atoms with van der Waals surface area (Å²) >= 11 is 0. The van der Waals surface area contributed by atoms with Gasteiger partial charge in [-0.05, 0) is 49.2 Å². The molecule has 2 N–H and O–H groups in total. The van der Waals surface area contributed by atoms with E-state index in [2.05, 4.69) is 15.6 Å². The van der Waals surface area contributed by atoms with Crippen LogP contribution in [0.2, 0.25) is 0 Å². The molecule has 0 saturated heterocycles. The van der Waals surface area contributed by atoms with Crippen molar-refractivity contribution in [2.75, 3.05) is 26.3 Å². The van der Waals surface area contributed by atoms with Gasteiger partial charge in [0.2, 0.25) is 0 Å². The molecule has 7 nitrogen and oxygen atoms in total. The summed E-state index contributed by atoms with van der Waals surface area (Å²) in [6.45, 7) is 1.07. The van der Waals surface area contributed by atoms with Crippen LogP contribution in [0.3, 0.4) is 0 Å². The highest BCUT2D eigenvalue weighted by molar-refractivity contribution is 5.96. The molecule has 9 heteroatoms. The Morgan fingerprint density at radius 1 is 0.676 bits per heavy atom. The van der Waals surface area contributed by atoms with Crippen molar-refractivity contribution in [2.45, 2.75) is 12.8 Å². The molecule has 34 heavy (non-hydrogen) atoms. The number of para-hydroxylation sites is 2. The third-order valence-electron chi connectivity index (χ3n) is 4.62. The molecule has 2 amide bonds. The number of hydrogen-bond donors (Lipinski definition) is 2. The van der Waals surface area contributed by atoms with Crippen LogP contribution in [0.25, 0.3) is 0 Å². The van der Waals surface area contributed by atoms with E-state index in [1.165, 1.54) is 36.4 Å². The summed E-state index contributed by atoms with van der Waals surface area (Å²) in [5.41, 5.74) is 0.205. The number of aromatic nitrogens is 1. The molecule has 0 bridgehead atoms. The van der Waals surface area contributed by atoms with Crippen LogP contribution in [0.1, 0.15) is 33.8 Å². The second-order valence-electron chi connectivity index (χ2n) is 7.18. The van der Waals surface area contributed by atoms with Crippen molar-refractivity contribution in [1.82, 2.24) is 15.6 Å². The van der Waals surface area contributed by atoms with Crippen molar-refractivity contribution in [3.05, 3.63) is 89.8 Å². The molecule has 3 rings (SSSR count). The molecular weight excluding hydrogens is 444 g/mol. The number of amides is 2. The van der Waals surface area contributed by atoms with Crippen molar-refractivity contribution in [3.8, 4) is 11.5 Å². The number of halogens is 2. The maximum atomic E-state index is 13.5. The highest BCUT2D eigenvalue weighted by atomic mass is 19.1. The van der Waals surface area contributed by atoms with E-state index in [0.29, 0.717) is 25.9 Å². The number of rotatable bonds is 12. The molecule has 0 aliphatic carbocycles. The number of pyridine rings is 1. The van der Waals surface area contributed by atoms with Gasteiger partial charge in [0.15, 0.2) is 23.1 Å². The number of benzene rings is 2. The van der Waals surface area contributed by atoms with E-state index >= 15 is 0 Å². The van der Waals surface area contributed by atoms with E-state index in [9.17, 15) is 18.4 Å². The molecule has 1 heterocycles. The summed E-state index contributed by atoms with van der Waals surface area (Å²) in [5.74, 6) is -1.43. The lowest BCUT2D eigenvalue weighted by Crippen LogP contribution is -2.29. The zero-order valence-electron chi connectivity index (χ0n) is 18.4. The van der Waals surface area contributed by atoms with Crippen molar-refractivity contribution < 1.29 is 27.8 Å². The SMILES string of the molecule is O=C(NCCCOc1ccccc1F)c1cccc(C(=O)NCCCOc2ccccc2F)n1. The minimum absolute atomic E-state index is 0.102. The summed E-state index contributed by atoms with van der Waals surface area (Å²) in [6, 6.07) is 16.8. The van der Waals surface area contributed by atoms with E-state index in [0.717, 1.165) is 0 Å². The minimum atomic E-state index is -0.441. The van der Waals surface area contributed by atoms with Gasteiger partial charge in [0.05, 0.1) is 13.2 Å². The molecule has 1 aromatic heterocycles. The molecule has 0 unspecified atom stereocenters. The fraction of sp³-hybridized carbons (Fsp3) is 0.240. The normalized spacial score (nSPS) is 10.4. The van der Waals surface area contributed by atoms with Crippen molar-refractivity contribution >= 4 is 11.8 Å². The van der Waals surface area contributed by atoms with Gasteiger partial charge in [0, 0.05) is 13.1 Å². The third kappa shape index (κ3) is 7.54. The van der Waals surface area contributed by atoms with Crippen LogP contribution < -0.4 is 20.1 Å². The fourth-order valence-electron chi connectivity index (χ4n) is 2.90. The molecule has 0 atom stereocenters. The Balaban J connectivity index is 1.36. The monoisotopic (exact) mass is 469 g/mol. The van der Waals surface area contributed by atoms with Crippen LogP contribution in [0.15, 0.2) is 66.7 Å². The molecule has 0 fully saturated rings. The summed E-state index contributed by atoms with van der Waals surface area (Å²) in [4.78, 5) is 28.7. The van der Waals surface area contributed by atoms with E-state index in [1.54, 1.807) is 30.3 Å². The molecule has 3 aromatic rings.